The van der Waals surface area contributed by atoms with Gasteiger partial charge in [-0.2, -0.15) is 0 Å². The molecule has 0 heterocycles. The second-order valence-corrected chi connectivity index (χ2v) is 3.73. The van der Waals surface area contributed by atoms with E-state index in [1.54, 1.807) is 0 Å². The largest absolute Gasteiger partial charge is 0.481 e. The lowest BCUT2D eigenvalue weighted by Gasteiger charge is -2.09. The highest BCUT2D eigenvalue weighted by molar-refractivity contribution is 6.36. The van der Waals surface area contributed by atoms with Gasteiger partial charge in [-0.15, -0.1) is 0 Å². The van der Waals surface area contributed by atoms with Crippen molar-refractivity contribution in [2.75, 3.05) is 13.7 Å². The zero-order valence-electron chi connectivity index (χ0n) is 8.42. The SMILES string of the molecule is CNC(=O)COc1c(Cl)cc(Cl)cc1C=O. The first-order chi connectivity index (χ1) is 7.58. The average molecular weight is 262 g/mol. The van der Waals surface area contributed by atoms with Crippen LogP contribution >= 0.6 is 23.2 Å². The number of likely N-dealkylation sites (N-methyl/N-ethyl adjacent to an activating group) is 1. The second-order valence-electron chi connectivity index (χ2n) is 2.89. The minimum atomic E-state index is -0.317. The van der Waals surface area contributed by atoms with Crippen LogP contribution in [0.1, 0.15) is 10.4 Å². The van der Waals surface area contributed by atoms with Crippen molar-refractivity contribution in [1.82, 2.24) is 5.32 Å². The molecular weight excluding hydrogens is 253 g/mol. The fourth-order valence-corrected chi connectivity index (χ4v) is 1.59. The van der Waals surface area contributed by atoms with Crippen LogP contribution in [-0.2, 0) is 4.79 Å². The van der Waals surface area contributed by atoms with Crippen molar-refractivity contribution in [3.63, 3.8) is 0 Å². The molecule has 0 aliphatic carbocycles. The van der Waals surface area contributed by atoms with Gasteiger partial charge in [0.2, 0.25) is 0 Å². The number of aldehydes is 1. The van der Waals surface area contributed by atoms with Crippen molar-refractivity contribution in [1.29, 1.82) is 0 Å². The summed E-state index contributed by atoms with van der Waals surface area (Å²) in [5.41, 5.74) is 0.210. The Morgan fingerprint density at radius 2 is 2.19 bits per heavy atom. The van der Waals surface area contributed by atoms with Crippen LogP contribution in [0.15, 0.2) is 12.1 Å². The average Bonchev–Trinajstić information content (AvgIpc) is 2.26. The molecule has 0 radical (unpaired) electrons. The Hall–Kier alpha value is -1.26. The Balaban J connectivity index is 2.94. The van der Waals surface area contributed by atoms with Crippen molar-refractivity contribution in [2.24, 2.45) is 0 Å². The van der Waals surface area contributed by atoms with E-state index in [9.17, 15) is 9.59 Å². The van der Waals surface area contributed by atoms with E-state index in [4.69, 9.17) is 27.9 Å². The predicted molar refractivity (Wildman–Crippen MR) is 61.4 cm³/mol. The Morgan fingerprint density at radius 3 is 2.75 bits per heavy atom. The van der Waals surface area contributed by atoms with Crippen molar-refractivity contribution in [2.45, 2.75) is 0 Å². The third-order valence-electron chi connectivity index (χ3n) is 1.79. The summed E-state index contributed by atoms with van der Waals surface area (Å²) in [6.07, 6.45) is 0.566. The summed E-state index contributed by atoms with van der Waals surface area (Å²) in [4.78, 5) is 21.7. The van der Waals surface area contributed by atoms with Crippen LogP contribution in [0.5, 0.6) is 5.75 Å². The molecule has 1 amide bonds. The van der Waals surface area contributed by atoms with Crippen LogP contribution in [0.4, 0.5) is 0 Å². The lowest BCUT2D eigenvalue weighted by atomic mass is 10.2. The number of carbonyl (C=O) groups is 2. The van der Waals surface area contributed by atoms with Gasteiger partial charge >= 0.3 is 0 Å². The number of halogens is 2. The molecule has 0 saturated carbocycles. The maximum atomic E-state index is 11.0. The second kappa shape index (κ2) is 5.72. The summed E-state index contributed by atoms with van der Waals surface area (Å²) in [6.45, 7) is -0.210. The van der Waals surface area contributed by atoms with Gasteiger partial charge in [-0.3, -0.25) is 9.59 Å². The molecule has 0 aliphatic rings. The maximum Gasteiger partial charge on any atom is 0.257 e. The number of ether oxygens (including phenoxy) is 1. The number of benzene rings is 1. The fourth-order valence-electron chi connectivity index (χ4n) is 1.03. The molecule has 0 unspecified atom stereocenters. The quantitative estimate of drug-likeness (QED) is 0.843. The van der Waals surface area contributed by atoms with Gasteiger partial charge in [0.15, 0.2) is 12.9 Å². The van der Waals surface area contributed by atoms with E-state index in [2.05, 4.69) is 5.32 Å². The molecular formula is C10H9Cl2NO3. The highest BCUT2D eigenvalue weighted by Crippen LogP contribution is 2.31. The Labute approximate surface area is 102 Å². The first-order valence-corrected chi connectivity index (χ1v) is 5.11. The molecule has 1 aromatic carbocycles. The monoisotopic (exact) mass is 261 g/mol. The van der Waals surface area contributed by atoms with E-state index in [0.717, 1.165) is 0 Å². The highest BCUT2D eigenvalue weighted by Gasteiger charge is 2.11. The normalized spacial score (nSPS) is 9.69. The van der Waals surface area contributed by atoms with E-state index in [0.29, 0.717) is 11.3 Å². The number of rotatable bonds is 4. The molecule has 0 bridgehead atoms. The van der Waals surface area contributed by atoms with E-state index in [1.807, 2.05) is 0 Å². The third kappa shape index (κ3) is 3.12. The van der Waals surface area contributed by atoms with Crippen LogP contribution < -0.4 is 10.1 Å². The molecule has 6 heteroatoms. The molecule has 0 aliphatic heterocycles. The van der Waals surface area contributed by atoms with Crippen LogP contribution in [0.2, 0.25) is 10.0 Å². The zero-order valence-corrected chi connectivity index (χ0v) is 9.93. The molecule has 4 nitrogen and oxygen atoms in total. The van der Waals surface area contributed by atoms with Crippen molar-refractivity contribution in [3.05, 3.63) is 27.7 Å². The predicted octanol–water partition coefficient (Wildman–Crippen LogP) is 1.93. The van der Waals surface area contributed by atoms with Crippen molar-refractivity contribution in [3.8, 4) is 5.75 Å². The van der Waals surface area contributed by atoms with E-state index >= 15 is 0 Å². The van der Waals surface area contributed by atoms with E-state index in [-0.39, 0.29) is 28.8 Å². The third-order valence-corrected chi connectivity index (χ3v) is 2.29. The zero-order chi connectivity index (χ0) is 12.1. The lowest BCUT2D eigenvalue weighted by molar-refractivity contribution is -0.122. The van der Waals surface area contributed by atoms with Crippen molar-refractivity contribution >= 4 is 35.4 Å². The van der Waals surface area contributed by atoms with Crippen LogP contribution in [0.3, 0.4) is 0 Å². The summed E-state index contributed by atoms with van der Waals surface area (Å²) < 4.78 is 5.13. The molecule has 1 rings (SSSR count). The molecule has 86 valence electrons. The lowest BCUT2D eigenvalue weighted by Crippen LogP contribution is -2.25. The molecule has 1 N–H and O–H groups in total. The number of nitrogens with one attached hydrogen (secondary N) is 1. The molecule has 0 fully saturated rings. The van der Waals surface area contributed by atoms with Gasteiger partial charge in [0.05, 0.1) is 10.6 Å². The van der Waals surface area contributed by atoms with E-state index in [1.165, 1.54) is 19.2 Å². The molecule has 16 heavy (non-hydrogen) atoms. The summed E-state index contributed by atoms with van der Waals surface area (Å²) in [5, 5.41) is 2.91. The van der Waals surface area contributed by atoms with Crippen LogP contribution in [-0.4, -0.2) is 25.8 Å². The number of hydrogen-bond acceptors (Lipinski definition) is 3. The van der Waals surface area contributed by atoms with Gasteiger partial charge in [-0.1, -0.05) is 23.2 Å². The van der Waals surface area contributed by atoms with Crippen LogP contribution in [0.25, 0.3) is 0 Å². The number of carbonyl (C=O) groups excluding carboxylic acids is 2. The topological polar surface area (TPSA) is 55.4 Å². The molecule has 0 aromatic heterocycles. The Kier molecular flexibility index (Phi) is 4.58. The smallest absolute Gasteiger partial charge is 0.257 e. The van der Waals surface area contributed by atoms with Gasteiger partial charge in [-0.25, -0.2) is 0 Å². The molecule has 1 aromatic rings. The summed E-state index contributed by atoms with van der Waals surface area (Å²) in [6, 6.07) is 2.86. The summed E-state index contributed by atoms with van der Waals surface area (Å²) >= 11 is 11.6. The van der Waals surface area contributed by atoms with Crippen LogP contribution in [0, 0.1) is 0 Å². The van der Waals surface area contributed by atoms with Gasteiger partial charge in [0.1, 0.15) is 5.75 Å². The Morgan fingerprint density at radius 1 is 1.50 bits per heavy atom. The fraction of sp³-hybridized carbons (Fsp3) is 0.200. The maximum absolute atomic E-state index is 11.0. The van der Waals surface area contributed by atoms with Gasteiger partial charge in [0, 0.05) is 12.1 Å². The first-order valence-electron chi connectivity index (χ1n) is 4.36. The standard InChI is InChI=1S/C10H9Cl2NO3/c1-13-9(15)5-16-10-6(4-14)2-7(11)3-8(10)12/h2-4H,5H2,1H3,(H,13,15). The number of hydrogen-bond donors (Lipinski definition) is 1. The van der Waals surface area contributed by atoms with E-state index < -0.39 is 0 Å². The minimum absolute atomic E-state index is 0.157. The minimum Gasteiger partial charge on any atom is -0.481 e. The van der Waals surface area contributed by atoms with Gasteiger partial charge < -0.3 is 10.1 Å². The van der Waals surface area contributed by atoms with Gasteiger partial charge in [-0.05, 0) is 12.1 Å². The molecule has 0 atom stereocenters. The van der Waals surface area contributed by atoms with Crippen molar-refractivity contribution < 1.29 is 14.3 Å². The summed E-state index contributed by atoms with van der Waals surface area (Å²) in [7, 11) is 1.48. The number of amides is 1. The molecule has 0 saturated heterocycles. The van der Waals surface area contributed by atoms with Gasteiger partial charge in [0.25, 0.3) is 5.91 Å². The summed E-state index contributed by atoms with van der Waals surface area (Å²) in [5.74, 6) is -0.160. The highest BCUT2D eigenvalue weighted by atomic mass is 35.5. The first kappa shape index (κ1) is 12.8. The molecule has 0 spiro atoms. The Bertz CT molecular complexity index is 421.